The average Bonchev–Trinajstić information content (AvgIpc) is 2.69. The van der Waals surface area contributed by atoms with Crippen molar-refractivity contribution in [2.45, 2.75) is 78.6 Å². The van der Waals surface area contributed by atoms with Gasteiger partial charge in [0.2, 0.25) is 0 Å². The van der Waals surface area contributed by atoms with Gasteiger partial charge in [0.25, 0.3) is 0 Å². The second-order valence-electron chi connectivity index (χ2n) is 10.5. The first-order valence-electron chi connectivity index (χ1n) is 10.7. The second kappa shape index (κ2) is 11.4. The lowest BCUT2D eigenvalue weighted by Gasteiger charge is -2.18. The molecular formula is C27H38ClN3. The number of pyridine rings is 1. The Hall–Kier alpha value is -2.26. The fourth-order valence-electron chi connectivity index (χ4n) is 2.44. The summed E-state index contributed by atoms with van der Waals surface area (Å²) in [6.07, 6.45) is 5.38. The highest BCUT2D eigenvalue weighted by atomic mass is 35.5. The van der Waals surface area contributed by atoms with Crippen LogP contribution in [0.1, 0.15) is 79.4 Å². The van der Waals surface area contributed by atoms with Gasteiger partial charge in [-0.05, 0) is 41.3 Å². The highest BCUT2D eigenvalue weighted by molar-refractivity contribution is 6.30. The molecule has 3 nitrogen and oxygen atoms in total. The van der Waals surface area contributed by atoms with Crippen molar-refractivity contribution < 1.29 is 0 Å². The Labute approximate surface area is 194 Å². The number of nitrogens with zero attached hydrogens (tertiary/aromatic N) is 3. The fraction of sp³-hybridized carbons (Fsp3) is 0.444. The van der Waals surface area contributed by atoms with E-state index in [0.717, 1.165) is 16.5 Å². The molecule has 0 saturated heterocycles. The third kappa shape index (κ3) is 10.5. The molecule has 0 unspecified atom stereocenters. The van der Waals surface area contributed by atoms with E-state index in [1.54, 1.807) is 12.4 Å². The van der Waals surface area contributed by atoms with Gasteiger partial charge in [0.1, 0.15) is 5.82 Å². The number of aromatic nitrogens is 3. The van der Waals surface area contributed by atoms with Crippen LogP contribution in [0.25, 0.3) is 0 Å². The fourth-order valence-corrected chi connectivity index (χ4v) is 2.57. The van der Waals surface area contributed by atoms with Gasteiger partial charge in [-0.1, -0.05) is 92.1 Å². The van der Waals surface area contributed by atoms with Gasteiger partial charge in [0.05, 0.1) is 0 Å². The number of rotatable bonds is 0. The van der Waals surface area contributed by atoms with Gasteiger partial charge in [-0.25, -0.2) is 9.97 Å². The molecule has 3 rings (SSSR count). The quantitative estimate of drug-likeness (QED) is 0.358. The summed E-state index contributed by atoms with van der Waals surface area (Å²) in [4.78, 5) is 12.5. The van der Waals surface area contributed by atoms with Crippen molar-refractivity contribution in [2.75, 3.05) is 0 Å². The summed E-state index contributed by atoms with van der Waals surface area (Å²) in [7, 11) is 0. The Morgan fingerprint density at radius 2 is 1.06 bits per heavy atom. The smallest absolute Gasteiger partial charge is 0.133 e. The molecule has 0 aliphatic carbocycles. The van der Waals surface area contributed by atoms with Crippen molar-refractivity contribution in [1.82, 2.24) is 15.0 Å². The van der Waals surface area contributed by atoms with Gasteiger partial charge in [-0.3, -0.25) is 4.98 Å². The first-order chi connectivity index (χ1) is 14.2. The molecule has 2 heterocycles. The minimum Gasteiger partial charge on any atom is -0.261 e. The van der Waals surface area contributed by atoms with Gasteiger partial charge >= 0.3 is 0 Å². The SMILES string of the molecule is CC(C)(C)c1ccc(Cl)cc1.CC(C)(C)c1ccccn1.CC(C)(C)c1ncccn1. The molecule has 2 aromatic heterocycles. The van der Waals surface area contributed by atoms with E-state index in [1.165, 1.54) is 5.56 Å². The first kappa shape index (κ1) is 26.8. The van der Waals surface area contributed by atoms with Crippen LogP contribution in [-0.2, 0) is 16.2 Å². The minimum atomic E-state index is 0.0707. The van der Waals surface area contributed by atoms with Crippen LogP contribution in [-0.4, -0.2) is 15.0 Å². The molecule has 0 spiro atoms. The maximum absolute atomic E-state index is 5.76. The van der Waals surface area contributed by atoms with Crippen molar-refractivity contribution >= 4 is 11.6 Å². The van der Waals surface area contributed by atoms with Crippen molar-refractivity contribution in [3.63, 3.8) is 0 Å². The van der Waals surface area contributed by atoms with E-state index < -0.39 is 0 Å². The third-order valence-electron chi connectivity index (χ3n) is 4.38. The standard InChI is InChI=1S/C10H13Cl.C9H13N.C8H12N2/c1-10(2,3)8-4-6-9(11)7-5-8;1-9(2,3)8-6-4-5-7-10-8;1-8(2,3)7-9-5-4-6-10-7/h4-7H,1-3H3;4-7H,1-3H3;4-6H,1-3H3. The monoisotopic (exact) mass is 439 g/mol. The molecule has 3 aromatic rings. The number of halogens is 1. The van der Waals surface area contributed by atoms with Gasteiger partial charge in [-0.2, -0.15) is 0 Å². The molecular weight excluding hydrogens is 402 g/mol. The summed E-state index contributed by atoms with van der Waals surface area (Å²) in [5, 5.41) is 0.804. The van der Waals surface area contributed by atoms with E-state index >= 15 is 0 Å². The van der Waals surface area contributed by atoms with Crippen LogP contribution >= 0.6 is 11.6 Å². The summed E-state index contributed by atoms with van der Waals surface area (Å²) in [5.74, 6) is 0.898. The molecule has 0 atom stereocenters. The van der Waals surface area contributed by atoms with Gasteiger partial charge < -0.3 is 0 Å². The zero-order valence-corrected chi connectivity index (χ0v) is 21.3. The highest BCUT2D eigenvalue weighted by Gasteiger charge is 2.15. The number of hydrogen-bond acceptors (Lipinski definition) is 3. The number of hydrogen-bond donors (Lipinski definition) is 0. The summed E-state index contributed by atoms with van der Waals surface area (Å²) >= 11 is 5.76. The predicted molar refractivity (Wildman–Crippen MR) is 134 cm³/mol. The zero-order chi connectivity index (χ0) is 23.7. The molecule has 0 N–H and O–H groups in total. The molecule has 0 radical (unpaired) electrons. The van der Waals surface area contributed by atoms with E-state index in [0.29, 0.717) is 0 Å². The molecule has 0 saturated carbocycles. The summed E-state index contributed by atoms with van der Waals surface area (Å²) in [6, 6.07) is 15.9. The van der Waals surface area contributed by atoms with E-state index in [9.17, 15) is 0 Å². The van der Waals surface area contributed by atoms with Gasteiger partial charge in [0, 0.05) is 40.1 Å². The molecule has 1 aromatic carbocycles. The van der Waals surface area contributed by atoms with Crippen LogP contribution < -0.4 is 0 Å². The van der Waals surface area contributed by atoms with Crippen LogP contribution in [0.3, 0.4) is 0 Å². The van der Waals surface area contributed by atoms with E-state index in [-0.39, 0.29) is 16.2 Å². The zero-order valence-electron chi connectivity index (χ0n) is 20.6. The lowest BCUT2D eigenvalue weighted by molar-refractivity contribution is 0.545. The van der Waals surface area contributed by atoms with Crippen LogP contribution in [0.5, 0.6) is 0 Å². The maximum atomic E-state index is 5.76. The van der Waals surface area contributed by atoms with Crippen LogP contribution in [0.2, 0.25) is 5.02 Å². The molecule has 0 bridgehead atoms. The predicted octanol–water partition coefficient (Wildman–Crippen LogP) is 7.79. The van der Waals surface area contributed by atoms with E-state index in [2.05, 4.69) is 95.5 Å². The maximum Gasteiger partial charge on any atom is 0.133 e. The summed E-state index contributed by atoms with van der Waals surface area (Å²) in [6.45, 7) is 19.4. The Morgan fingerprint density at radius 1 is 0.548 bits per heavy atom. The lowest BCUT2D eigenvalue weighted by Crippen LogP contribution is -2.14. The van der Waals surface area contributed by atoms with Gasteiger partial charge in [-0.15, -0.1) is 0 Å². The lowest BCUT2D eigenvalue weighted by atomic mass is 9.87. The van der Waals surface area contributed by atoms with Crippen molar-refractivity contribution in [2.24, 2.45) is 0 Å². The van der Waals surface area contributed by atoms with Crippen molar-refractivity contribution in [3.8, 4) is 0 Å². The molecule has 0 fully saturated rings. The highest BCUT2D eigenvalue weighted by Crippen LogP contribution is 2.23. The largest absolute Gasteiger partial charge is 0.261 e. The molecule has 0 amide bonds. The summed E-state index contributed by atoms with van der Waals surface area (Å²) in [5.41, 5.74) is 2.95. The topological polar surface area (TPSA) is 38.7 Å². The minimum absolute atomic E-state index is 0.0707. The molecule has 31 heavy (non-hydrogen) atoms. The third-order valence-corrected chi connectivity index (χ3v) is 4.63. The van der Waals surface area contributed by atoms with Crippen LogP contribution in [0.15, 0.2) is 67.1 Å². The van der Waals surface area contributed by atoms with Gasteiger partial charge in [0.15, 0.2) is 0 Å². The first-order valence-corrected chi connectivity index (χ1v) is 11.0. The average molecular weight is 440 g/mol. The molecule has 0 aliphatic rings. The molecule has 168 valence electrons. The van der Waals surface area contributed by atoms with Crippen molar-refractivity contribution in [1.29, 1.82) is 0 Å². The summed E-state index contributed by atoms with van der Waals surface area (Å²) < 4.78 is 0. The Balaban J connectivity index is 0.000000233. The van der Waals surface area contributed by atoms with Crippen molar-refractivity contribution in [3.05, 3.63) is 89.2 Å². The Morgan fingerprint density at radius 3 is 1.39 bits per heavy atom. The van der Waals surface area contributed by atoms with E-state index in [4.69, 9.17) is 11.6 Å². The van der Waals surface area contributed by atoms with E-state index in [1.807, 2.05) is 36.5 Å². The Bertz CT molecular complexity index is 821. The van der Waals surface area contributed by atoms with Crippen LogP contribution in [0.4, 0.5) is 0 Å². The number of benzene rings is 1. The van der Waals surface area contributed by atoms with Crippen LogP contribution in [0, 0.1) is 0 Å². The second-order valence-corrected chi connectivity index (χ2v) is 11.0. The normalized spacial score (nSPS) is 11.5. The molecule has 0 aliphatic heterocycles. The Kier molecular flexibility index (Phi) is 9.83. The molecule has 4 heteroatoms.